The van der Waals surface area contributed by atoms with Crippen LogP contribution in [0, 0.1) is 0 Å². The standard InChI is InChI=1S/C16H16ClNO2S2/c1-20-15(19)16(21,12-4-2-3-5-13(12)17)18-8-6-14-11(10-18)7-9-22-14/h2-5,7,9,21H,6,8,10H2,1H3. The summed E-state index contributed by atoms with van der Waals surface area (Å²) in [5, 5.41) is 2.60. The minimum absolute atomic E-state index is 0.414. The Balaban J connectivity index is 2.04. The zero-order valence-corrected chi connectivity index (χ0v) is 14.5. The predicted molar refractivity (Wildman–Crippen MR) is 92.6 cm³/mol. The first-order chi connectivity index (χ1) is 10.6. The third-order valence-corrected chi connectivity index (χ3v) is 6.04. The summed E-state index contributed by atoms with van der Waals surface area (Å²) in [5.41, 5.74) is 1.90. The molecule has 3 rings (SSSR count). The highest BCUT2D eigenvalue weighted by Crippen LogP contribution is 2.41. The van der Waals surface area contributed by atoms with Gasteiger partial charge in [-0.3, -0.25) is 4.90 Å². The number of benzene rings is 1. The lowest BCUT2D eigenvalue weighted by atomic mass is 10.0. The zero-order chi connectivity index (χ0) is 15.7. The second-order valence-electron chi connectivity index (χ2n) is 5.18. The van der Waals surface area contributed by atoms with E-state index in [0.29, 0.717) is 17.1 Å². The van der Waals surface area contributed by atoms with Gasteiger partial charge >= 0.3 is 5.97 Å². The van der Waals surface area contributed by atoms with E-state index in [1.165, 1.54) is 17.6 Å². The molecule has 0 radical (unpaired) electrons. The molecule has 0 saturated heterocycles. The second-order valence-corrected chi connectivity index (χ2v) is 7.24. The lowest BCUT2D eigenvalue weighted by molar-refractivity contribution is -0.150. The number of nitrogens with zero attached hydrogens (tertiary/aromatic N) is 1. The van der Waals surface area contributed by atoms with Crippen molar-refractivity contribution in [3.8, 4) is 0 Å². The molecule has 1 atom stereocenters. The largest absolute Gasteiger partial charge is 0.467 e. The van der Waals surface area contributed by atoms with E-state index < -0.39 is 10.8 Å². The van der Waals surface area contributed by atoms with E-state index in [1.54, 1.807) is 17.4 Å². The van der Waals surface area contributed by atoms with Crippen LogP contribution in [-0.4, -0.2) is 24.5 Å². The number of hydrogen-bond donors (Lipinski definition) is 1. The predicted octanol–water partition coefficient (Wildman–Crippen LogP) is 3.72. The van der Waals surface area contributed by atoms with Crippen molar-refractivity contribution in [2.45, 2.75) is 17.8 Å². The summed E-state index contributed by atoms with van der Waals surface area (Å²) in [6.45, 7) is 1.39. The van der Waals surface area contributed by atoms with Gasteiger partial charge in [-0.1, -0.05) is 29.8 Å². The molecule has 0 fully saturated rings. The number of fused-ring (bicyclic) bond motifs is 1. The Kier molecular flexibility index (Phi) is 4.50. The number of esters is 1. The Labute approximate surface area is 144 Å². The normalized spacial score (nSPS) is 17.6. The van der Waals surface area contributed by atoms with Gasteiger partial charge in [0.05, 0.1) is 7.11 Å². The van der Waals surface area contributed by atoms with Gasteiger partial charge in [0, 0.05) is 28.6 Å². The first-order valence-corrected chi connectivity index (χ1v) is 8.64. The Morgan fingerprint density at radius 2 is 2.18 bits per heavy atom. The summed E-state index contributed by atoms with van der Waals surface area (Å²) < 4.78 is 5.03. The quantitative estimate of drug-likeness (QED) is 0.673. The Morgan fingerprint density at radius 3 is 2.91 bits per heavy atom. The molecule has 2 heterocycles. The highest BCUT2D eigenvalue weighted by Gasteiger charge is 2.46. The van der Waals surface area contributed by atoms with Crippen molar-refractivity contribution >= 4 is 41.5 Å². The molecule has 0 bridgehead atoms. The molecule has 2 aromatic rings. The molecular weight excluding hydrogens is 338 g/mol. The van der Waals surface area contributed by atoms with Crippen LogP contribution in [-0.2, 0) is 27.4 Å². The van der Waals surface area contributed by atoms with Gasteiger partial charge in [0.1, 0.15) is 0 Å². The number of ether oxygens (including phenoxy) is 1. The molecule has 1 aliphatic rings. The van der Waals surface area contributed by atoms with Gasteiger partial charge in [-0.2, -0.15) is 0 Å². The minimum Gasteiger partial charge on any atom is -0.467 e. The maximum atomic E-state index is 12.5. The van der Waals surface area contributed by atoms with Crippen LogP contribution in [0.3, 0.4) is 0 Å². The number of methoxy groups -OCH3 is 1. The molecule has 1 aliphatic heterocycles. The van der Waals surface area contributed by atoms with Crippen molar-refractivity contribution < 1.29 is 9.53 Å². The van der Waals surface area contributed by atoms with Crippen LogP contribution in [0.25, 0.3) is 0 Å². The molecular formula is C16H16ClNO2S2. The Bertz CT molecular complexity index is 703. The van der Waals surface area contributed by atoms with Gasteiger partial charge in [-0.25, -0.2) is 4.79 Å². The smallest absolute Gasteiger partial charge is 0.341 e. The topological polar surface area (TPSA) is 29.5 Å². The maximum Gasteiger partial charge on any atom is 0.341 e. The number of carbonyl (C=O) groups excluding carboxylic acids is 1. The average Bonchev–Trinajstić information content (AvgIpc) is 3.01. The van der Waals surface area contributed by atoms with E-state index in [4.69, 9.17) is 29.0 Å². The van der Waals surface area contributed by atoms with Gasteiger partial charge in [-0.05, 0) is 29.5 Å². The van der Waals surface area contributed by atoms with Crippen LogP contribution in [0.4, 0.5) is 0 Å². The van der Waals surface area contributed by atoms with Crippen molar-refractivity contribution in [2.24, 2.45) is 0 Å². The van der Waals surface area contributed by atoms with Gasteiger partial charge in [0.25, 0.3) is 0 Å². The van der Waals surface area contributed by atoms with Crippen LogP contribution >= 0.6 is 35.6 Å². The number of carbonyl (C=O) groups is 1. The van der Waals surface area contributed by atoms with E-state index in [1.807, 2.05) is 23.1 Å². The first kappa shape index (κ1) is 15.9. The van der Waals surface area contributed by atoms with Crippen molar-refractivity contribution in [3.63, 3.8) is 0 Å². The summed E-state index contributed by atoms with van der Waals surface area (Å²) in [6, 6.07) is 9.39. The molecule has 116 valence electrons. The van der Waals surface area contributed by atoms with Crippen molar-refractivity contribution in [1.82, 2.24) is 4.90 Å². The monoisotopic (exact) mass is 353 g/mol. The minimum atomic E-state index is -1.19. The van der Waals surface area contributed by atoms with Crippen LogP contribution in [0.1, 0.15) is 16.0 Å². The fourth-order valence-electron chi connectivity index (χ4n) is 2.82. The molecule has 1 aromatic carbocycles. The first-order valence-electron chi connectivity index (χ1n) is 6.93. The van der Waals surface area contributed by atoms with Crippen molar-refractivity contribution in [1.29, 1.82) is 0 Å². The highest BCUT2D eigenvalue weighted by atomic mass is 35.5. The molecule has 0 saturated carbocycles. The van der Waals surface area contributed by atoms with Crippen LogP contribution < -0.4 is 0 Å². The van der Waals surface area contributed by atoms with E-state index in [9.17, 15) is 4.79 Å². The summed E-state index contributed by atoms with van der Waals surface area (Å²) in [6.07, 6.45) is 0.900. The molecule has 1 unspecified atom stereocenters. The summed E-state index contributed by atoms with van der Waals surface area (Å²) >= 11 is 12.8. The van der Waals surface area contributed by atoms with E-state index in [0.717, 1.165) is 13.0 Å². The zero-order valence-electron chi connectivity index (χ0n) is 12.1. The Hall–Kier alpha value is -1.01. The lowest BCUT2D eigenvalue weighted by Crippen LogP contribution is -2.50. The fourth-order valence-corrected chi connectivity index (χ4v) is 4.51. The van der Waals surface area contributed by atoms with Crippen LogP contribution in [0.15, 0.2) is 35.7 Å². The number of thiol groups is 1. The van der Waals surface area contributed by atoms with Gasteiger partial charge in [0.2, 0.25) is 0 Å². The molecule has 0 aliphatic carbocycles. The summed E-state index contributed by atoms with van der Waals surface area (Å²) in [7, 11) is 1.38. The Morgan fingerprint density at radius 1 is 1.41 bits per heavy atom. The summed E-state index contributed by atoms with van der Waals surface area (Å²) in [5.74, 6) is -0.414. The number of thiophene rings is 1. The lowest BCUT2D eigenvalue weighted by Gasteiger charge is -2.40. The molecule has 3 nitrogen and oxygen atoms in total. The molecule has 6 heteroatoms. The van der Waals surface area contributed by atoms with E-state index >= 15 is 0 Å². The molecule has 0 spiro atoms. The number of rotatable bonds is 3. The third kappa shape index (κ3) is 2.56. The van der Waals surface area contributed by atoms with Crippen LogP contribution in [0.2, 0.25) is 5.02 Å². The van der Waals surface area contributed by atoms with Crippen LogP contribution in [0.5, 0.6) is 0 Å². The molecule has 1 aromatic heterocycles. The molecule has 22 heavy (non-hydrogen) atoms. The molecule has 0 N–H and O–H groups in total. The van der Waals surface area contributed by atoms with E-state index in [-0.39, 0.29) is 0 Å². The highest BCUT2D eigenvalue weighted by molar-refractivity contribution is 7.82. The van der Waals surface area contributed by atoms with Gasteiger partial charge < -0.3 is 4.74 Å². The number of hydrogen-bond acceptors (Lipinski definition) is 5. The second kappa shape index (κ2) is 6.24. The van der Waals surface area contributed by atoms with Crippen molar-refractivity contribution in [3.05, 3.63) is 56.7 Å². The van der Waals surface area contributed by atoms with Gasteiger partial charge in [-0.15, -0.1) is 24.0 Å². The summed E-state index contributed by atoms with van der Waals surface area (Å²) in [4.78, 5) is 14.7. The fraction of sp³-hybridized carbons (Fsp3) is 0.312. The average molecular weight is 354 g/mol. The van der Waals surface area contributed by atoms with E-state index in [2.05, 4.69) is 11.4 Å². The number of halogens is 1. The third-order valence-electron chi connectivity index (χ3n) is 3.98. The SMILES string of the molecule is COC(=O)C(S)(c1ccccc1Cl)N1CCc2sccc2C1. The van der Waals surface area contributed by atoms with Gasteiger partial charge in [0.15, 0.2) is 4.87 Å². The maximum absolute atomic E-state index is 12.5. The molecule has 0 amide bonds. The van der Waals surface area contributed by atoms with Crippen molar-refractivity contribution in [2.75, 3.05) is 13.7 Å².